The zero-order valence-electron chi connectivity index (χ0n) is 5.46. The molecule has 3 atom stereocenters. The van der Waals surface area contributed by atoms with Gasteiger partial charge in [-0.05, 0) is 6.42 Å². The van der Waals surface area contributed by atoms with E-state index in [0.717, 1.165) is 12.2 Å². The molecule has 3 unspecified atom stereocenters. The lowest BCUT2D eigenvalue weighted by Gasteiger charge is -1.94. The van der Waals surface area contributed by atoms with E-state index in [9.17, 15) is 4.21 Å². The van der Waals surface area contributed by atoms with Crippen LogP contribution in [0.1, 0.15) is 13.3 Å². The van der Waals surface area contributed by atoms with E-state index in [4.69, 9.17) is 6.42 Å². The zero-order chi connectivity index (χ0) is 6.85. The quantitative estimate of drug-likeness (QED) is 0.457. The molecule has 0 aliphatic carbocycles. The molecule has 0 saturated carbocycles. The Morgan fingerprint density at radius 2 is 2.44 bits per heavy atom. The monoisotopic (exact) mass is 142 g/mol. The van der Waals surface area contributed by atoms with Gasteiger partial charge >= 0.3 is 0 Å². The Balaban J connectivity index is 2.57. The van der Waals surface area contributed by atoms with E-state index in [0.29, 0.717) is 5.25 Å². The number of hydrogen-bond acceptors (Lipinski definition) is 1. The van der Waals surface area contributed by atoms with Gasteiger partial charge in [0, 0.05) is 27.7 Å². The highest BCUT2D eigenvalue weighted by Crippen LogP contribution is 2.20. The van der Waals surface area contributed by atoms with Gasteiger partial charge in [0.2, 0.25) is 0 Å². The van der Waals surface area contributed by atoms with Crippen molar-refractivity contribution in [3.63, 3.8) is 0 Å². The Kier molecular flexibility index (Phi) is 1.92. The van der Waals surface area contributed by atoms with Gasteiger partial charge in [0.1, 0.15) is 0 Å². The standard InChI is InChI=1S/C7H10OS/c1-3-7-4-6(2)9(8)5-7/h1,6-7H,4-5H2,2H3. The molecule has 1 heterocycles. The number of rotatable bonds is 0. The molecule has 0 bridgehead atoms. The fourth-order valence-electron chi connectivity index (χ4n) is 1.05. The molecule has 0 radical (unpaired) electrons. The number of hydrogen-bond donors (Lipinski definition) is 0. The lowest BCUT2D eigenvalue weighted by Crippen LogP contribution is -2.01. The molecule has 1 nitrogen and oxygen atoms in total. The van der Waals surface area contributed by atoms with Crippen LogP contribution in [0.25, 0.3) is 0 Å². The third-order valence-corrected chi connectivity index (χ3v) is 3.49. The summed E-state index contributed by atoms with van der Waals surface area (Å²) in [4.78, 5) is 0. The van der Waals surface area contributed by atoms with Crippen LogP contribution in [0.5, 0.6) is 0 Å². The Morgan fingerprint density at radius 1 is 1.78 bits per heavy atom. The summed E-state index contributed by atoms with van der Waals surface area (Å²) in [6.07, 6.45) is 6.12. The zero-order valence-corrected chi connectivity index (χ0v) is 6.28. The first-order valence-electron chi connectivity index (χ1n) is 3.07. The Hall–Kier alpha value is -0.290. The maximum atomic E-state index is 11.0. The molecule has 0 aromatic heterocycles. The van der Waals surface area contributed by atoms with Crippen molar-refractivity contribution in [2.45, 2.75) is 18.6 Å². The van der Waals surface area contributed by atoms with Crippen LogP contribution in [-0.4, -0.2) is 15.2 Å². The normalized spacial score (nSPS) is 42.4. The second kappa shape index (κ2) is 2.53. The van der Waals surface area contributed by atoms with Crippen molar-refractivity contribution in [2.75, 3.05) is 5.75 Å². The highest BCUT2D eigenvalue weighted by Gasteiger charge is 2.25. The molecule has 1 saturated heterocycles. The first-order chi connectivity index (χ1) is 4.24. The lowest BCUT2D eigenvalue weighted by atomic mass is 10.1. The first-order valence-corrected chi connectivity index (χ1v) is 4.45. The SMILES string of the molecule is C#CC1CC(C)S(=O)C1. The molecular formula is C7H10OS. The molecule has 1 aliphatic heterocycles. The Morgan fingerprint density at radius 3 is 2.67 bits per heavy atom. The summed E-state index contributed by atoms with van der Waals surface area (Å²) in [5, 5.41) is 0.325. The van der Waals surface area contributed by atoms with E-state index in [1.165, 1.54) is 0 Å². The highest BCUT2D eigenvalue weighted by atomic mass is 32.2. The first kappa shape index (κ1) is 6.82. The van der Waals surface area contributed by atoms with Crippen LogP contribution in [0.3, 0.4) is 0 Å². The predicted octanol–water partition coefficient (Wildman–Crippen LogP) is 0.777. The van der Waals surface area contributed by atoms with Crippen LogP contribution in [0, 0.1) is 18.3 Å². The summed E-state index contributed by atoms with van der Waals surface area (Å²) >= 11 is 0. The van der Waals surface area contributed by atoms with Crippen molar-refractivity contribution in [1.29, 1.82) is 0 Å². The smallest absolute Gasteiger partial charge is 0.0375 e. The van der Waals surface area contributed by atoms with Crippen LogP contribution in [0.15, 0.2) is 0 Å². The van der Waals surface area contributed by atoms with Crippen LogP contribution in [-0.2, 0) is 10.8 Å². The van der Waals surface area contributed by atoms with Gasteiger partial charge in [-0.1, -0.05) is 6.92 Å². The minimum Gasteiger partial charge on any atom is -0.259 e. The molecule has 1 fully saturated rings. The maximum Gasteiger partial charge on any atom is 0.0375 e. The lowest BCUT2D eigenvalue weighted by molar-refractivity contribution is 0.679. The summed E-state index contributed by atoms with van der Waals surface area (Å²) in [7, 11) is -0.640. The predicted molar refractivity (Wildman–Crippen MR) is 39.4 cm³/mol. The summed E-state index contributed by atoms with van der Waals surface area (Å²) in [5.74, 6) is 3.63. The molecule has 1 rings (SSSR count). The van der Waals surface area contributed by atoms with Gasteiger partial charge in [-0.15, -0.1) is 12.3 Å². The number of terminal acetylenes is 1. The summed E-state index contributed by atoms with van der Waals surface area (Å²) in [6, 6.07) is 0. The van der Waals surface area contributed by atoms with Crippen LogP contribution in [0.2, 0.25) is 0 Å². The molecule has 0 N–H and O–H groups in total. The summed E-state index contributed by atoms with van der Waals surface area (Å²) in [6.45, 7) is 1.99. The topological polar surface area (TPSA) is 17.1 Å². The van der Waals surface area contributed by atoms with Gasteiger partial charge in [0.25, 0.3) is 0 Å². The average Bonchev–Trinajstić information content (AvgIpc) is 2.13. The fourth-order valence-corrected chi connectivity index (χ4v) is 2.46. The van der Waals surface area contributed by atoms with E-state index in [1.54, 1.807) is 0 Å². The molecule has 2 heteroatoms. The maximum absolute atomic E-state index is 11.0. The van der Waals surface area contributed by atoms with Gasteiger partial charge < -0.3 is 0 Å². The van der Waals surface area contributed by atoms with Crippen molar-refractivity contribution in [3.05, 3.63) is 0 Å². The van der Waals surface area contributed by atoms with E-state index < -0.39 is 10.8 Å². The van der Waals surface area contributed by atoms with E-state index in [2.05, 4.69) is 5.92 Å². The van der Waals surface area contributed by atoms with Gasteiger partial charge in [0.15, 0.2) is 0 Å². The highest BCUT2D eigenvalue weighted by molar-refractivity contribution is 7.85. The molecule has 0 amide bonds. The van der Waals surface area contributed by atoms with E-state index >= 15 is 0 Å². The fraction of sp³-hybridized carbons (Fsp3) is 0.714. The molecule has 1 aliphatic rings. The van der Waals surface area contributed by atoms with E-state index in [-0.39, 0.29) is 5.92 Å². The summed E-state index contributed by atoms with van der Waals surface area (Å²) in [5.41, 5.74) is 0. The molecule has 0 aromatic rings. The largest absolute Gasteiger partial charge is 0.259 e. The second-order valence-electron chi connectivity index (χ2n) is 2.46. The molecule has 50 valence electrons. The Labute approximate surface area is 58.3 Å². The van der Waals surface area contributed by atoms with Crippen LogP contribution in [0.4, 0.5) is 0 Å². The molecular weight excluding hydrogens is 132 g/mol. The van der Waals surface area contributed by atoms with Gasteiger partial charge in [-0.2, -0.15) is 0 Å². The van der Waals surface area contributed by atoms with Crippen LogP contribution >= 0.6 is 0 Å². The van der Waals surface area contributed by atoms with E-state index in [1.807, 2.05) is 6.92 Å². The van der Waals surface area contributed by atoms with Crippen molar-refractivity contribution >= 4 is 10.8 Å². The second-order valence-corrected chi connectivity index (χ2v) is 4.36. The average molecular weight is 142 g/mol. The van der Waals surface area contributed by atoms with Crippen LogP contribution < -0.4 is 0 Å². The van der Waals surface area contributed by atoms with Crippen molar-refractivity contribution in [1.82, 2.24) is 0 Å². The molecule has 0 spiro atoms. The molecule has 0 aromatic carbocycles. The van der Waals surface area contributed by atoms with Gasteiger partial charge in [-0.3, -0.25) is 4.21 Å². The minimum absolute atomic E-state index is 0.279. The Bertz CT molecular complexity index is 168. The minimum atomic E-state index is -0.640. The third-order valence-electron chi connectivity index (χ3n) is 1.67. The summed E-state index contributed by atoms with van der Waals surface area (Å²) < 4.78 is 11.0. The molecule has 9 heavy (non-hydrogen) atoms. The van der Waals surface area contributed by atoms with Crippen molar-refractivity contribution in [3.8, 4) is 12.3 Å². The van der Waals surface area contributed by atoms with Crippen molar-refractivity contribution < 1.29 is 4.21 Å². The third kappa shape index (κ3) is 1.34. The van der Waals surface area contributed by atoms with Gasteiger partial charge in [-0.25, -0.2) is 0 Å². The van der Waals surface area contributed by atoms with Gasteiger partial charge in [0.05, 0.1) is 0 Å². The van der Waals surface area contributed by atoms with Crippen molar-refractivity contribution in [2.24, 2.45) is 5.92 Å².